The van der Waals surface area contributed by atoms with Crippen LogP contribution in [0.2, 0.25) is 0 Å². The number of pyridine rings is 1. The van der Waals surface area contributed by atoms with Crippen molar-refractivity contribution in [3.63, 3.8) is 0 Å². The molecule has 28 heavy (non-hydrogen) atoms. The maximum Gasteiger partial charge on any atom is 0.262 e. The van der Waals surface area contributed by atoms with Gasteiger partial charge in [-0.05, 0) is 36.8 Å². The lowest BCUT2D eigenvalue weighted by Gasteiger charge is -2.11. The highest BCUT2D eigenvalue weighted by Crippen LogP contribution is 2.25. The number of amides is 1. The van der Waals surface area contributed by atoms with Gasteiger partial charge in [-0.15, -0.1) is 0 Å². The zero-order chi connectivity index (χ0) is 19.8. The first-order valence-corrected chi connectivity index (χ1v) is 8.95. The summed E-state index contributed by atoms with van der Waals surface area (Å²) in [4.78, 5) is 16.4. The standard InChI is InChI=1S/C22H23N3O3/c1-16-7-9-17(10-8-16)13-23-21-12-11-18(14-24-21)25-22(26)15-28-20-6-4-3-5-19(20)27-2/h3-12,14H,13,15H2,1-2H3,(H,23,24)(H,25,26). The Balaban J connectivity index is 1.48. The summed E-state index contributed by atoms with van der Waals surface area (Å²) in [6.07, 6.45) is 1.61. The molecule has 0 unspecified atom stereocenters. The molecule has 144 valence electrons. The number of anilines is 2. The number of aromatic nitrogens is 1. The number of hydrogen-bond donors (Lipinski definition) is 2. The van der Waals surface area contributed by atoms with Gasteiger partial charge in [-0.3, -0.25) is 4.79 Å². The first-order valence-electron chi connectivity index (χ1n) is 8.95. The molecule has 1 heterocycles. The van der Waals surface area contributed by atoms with Crippen molar-refractivity contribution in [3.05, 3.63) is 78.0 Å². The summed E-state index contributed by atoms with van der Waals surface area (Å²) >= 11 is 0. The molecular weight excluding hydrogens is 354 g/mol. The third kappa shape index (κ3) is 5.48. The molecule has 6 nitrogen and oxygen atoms in total. The fourth-order valence-corrected chi connectivity index (χ4v) is 2.55. The highest BCUT2D eigenvalue weighted by Gasteiger charge is 2.07. The average Bonchev–Trinajstić information content (AvgIpc) is 2.73. The Morgan fingerprint density at radius 2 is 1.75 bits per heavy atom. The largest absolute Gasteiger partial charge is 0.493 e. The van der Waals surface area contributed by atoms with E-state index in [1.165, 1.54) is 11.1 Å². The molecule has 0 aliphatic carbocycles. The minimum atomic E-state index is -0.270. The zero-order valence-corrected chi connectivity index (χ0v) is 15.9. The van der Waals surface area contributed by atoms with Crippen LogP contribution in [0.25, 0.3) is 0 Å². The highest BCUT2D eigenvalue weighted by molar-refractivity contribution is 5.91. The van der Waals surface area contributed by atoms with Crippen LogP contribution in [-0.4, -0.2) is 24.6 Å². The second-order valence-electron chi connectivity index (χ2n) is 6.26. The van der Waals surface area contributed by atoms with Crippen molar-refractivity contribution in [2.24, 2.45) is 0 Å². The molecule has 1 aromatic heterocycles. The summed E-state index contributed by atoms with van der Waals surface area (Å²) in [5.41, 5.74) is 3.02. The van der Waals surface area contributed by atoms with Crippen molar-refractivity contribution in [1.82, 2.24) is 4.98 Å². The molecule has 2 N–H and O–H groups in total. The predicted molar refractivity (Wildman–Crippen MR) is 110 cm³/mol. The monoisotopic (exact) mass is 377 g/mol. The van der Waals surface area contributed by atoms with Gasteiger partial charge in [0.25, 0.3) is 5.91 Å². The van der Waals surface area contributed by atoms with E-state index in [0.29, 0.717) is 23.7 Å². The van der Waals surface area contributed by atoms with Crippen LogP contribution in [0, 0.1) is 6.92 Å². The van der Waals surface area contributed by atoms with Crippen molar-refractivity contribution in [1.29, 1.82) is 0 Å². The third-order valence-corrected chi connectivity index (χ3v) is 4.07. The maximum atomic E-state index is 12.1. The first kappa shape index (κ1) is 19.2. The number of para-hydroxylation sites is 2. The second-order valence-corrected chi connectivity index (χ2v) is 6.26. The average molecular weight is 377 g/mol. The maximum absolute atomic E-state index is 12.1. The predicted octanol–water partition coefficient (Wildman–Crippen LogP) is 4.03. The summed E-state index contributed by atoms with van der Waals surface area (Å²) < 4.78 is 10.7. The number of rotatable bonds is 8. The highest BCUT2D eigenvalue weighted by atomic mass is 16.5. The van der Waals surface area contributed by atoms with Gasteiger partial charge in [0.1, 0.15) is 5.82 Å². The number of nitrogens with one attached hydrogen (secondary N) is 2. The Hall–Kier alpha value is -3.54. The lowest BCUT2D eigenvalue weighted by molar-refractivity contribution is -0.118. The van der Waals surface area contributed by atoms with Crippen LogP contribution < -0.4 is 20.1 Å². The lowest BCUT2D eigenvalue weighted by atomic mass is 10.1. The molecule has 0 saturated heterocycles. The van der Waals surface area contributed by atoms with Gasteiger partial charge >= 0.3 is 0 Å². The quantitative estimate of drug-likeness (QED) is 0.620. The zero-order valence-electron chi connectivity index (χ0n) is 15.9. The van der Waals surface area contributed by atoms with Crippen LogP contribution in [-0.2, 0) is 11.3 Å². The van der Waals surface area contributed by atoms with Gasteiger partial charge in [-0.25, -0.2) is 4.98 Å². The van der Waals surface area contributed by atoms with Gasteiger partial charge in [0.15, 0.2) is 18.1 Å². The molecule has 0 bridgehead atoms. The fourth-order valence-electron chi connectivity index (χ4n) is 2.55. The summed E-state index contributed by atoms with van der Waals surface area (Å²) in [6, 6.07) is 19.1. The van der Waals surface area contributed by atoms with Gasteiger partial charge in [0, 0.05) is 6.54 Å². The number of carbonyl (C=O) groups excluding carboxylic acids is 1. The van der Waals surface area contributed by atoms with Crippen molar-refractivity contribution >= 4 is 17.4 Å². The van der Waals surface area contributed by atoms with Crippen molar-refractivity contribution in [2.75, 3.05) is 24.4 Å². The van der Waals surface area contributed by atoms with Crippen LogP contribution >= 0.6 is 0 Å². The summed E-state index contributed by atoms with van der Waals surface area (Å²) in [5, 5.41) is 6.02. The lowest BCUT2D eigenvalue weighted by Crippen LogP contribution is -2.20. The number of benzene rings is 2. The second kappa shape index (κ2) is 9.41. The summed E-state index contributed by atoms with van der Waals surface area (Å²) in [7, 11) is 1.56. The van der Waals surface area contributed by atoms with Gasteiger partial charge in [-0.2, -0.15) is 0 Å². The van der Waals surface area contributed by atoms with Crippen LogP contribution in [0.3, 0.4) is 0 Å². The molecule has 0 radical (unpaired) electrons. The van der Waals surface area contributed by atoms with E-state index in [0.717, 1.165) is 5.82 Å². The van der Waals surface area contributed by atoms with E-state index >= 15 is 0 Å². The van der Waals surface area contributed by atoms with E-state index in [1.807, 2.05) is 18.2 Å². The van der Waals surface area contributed by atoms with Crippen LogP contribution in [0.4, 0.5) is 11.5 Å². The Bertz CT molecular complexity index is 909. The minimum Gasteiger partial charge on any atom is -0.493 e. The van der Waals surface area contributed by atoms with Gasteiger partial charge in [0.2, 0.25) is 0 Å². The molecule has 2 aromatic carbocycles. The SMILES string of the molecule is COc1ccccc1OCC(=O)Nc1ccc(NCc2ccc(C)cc2)nc1. The van der Waals surface area contributed by atoms with Gasteiger partial charge < -0.3 is 20.1 Å². The Labute approximate surface area is 164 Å². The molecule has 0 fully saturated rings. The van der Waals surface area contributed by atoms with E-state index < -0.39 is 0 Å². The molecule has 6 heteroatoms. The number of aryl methyl sites for hydroxylation is 1. The fraction of sp³-hybridized carbons (Fsp3) is 0.182. The molecule has 3 aromatic rings. The molecule has 0 atom stereocenters. The molecule has 0 aliphatic rings. The Morgan fingerprint density at radius 1 is 1.00 bits per heavy atom. The summed E-state index contributed by atoms with van der Waals surface area (Å²) in [6.45, 7) is 2.63. The molecule has 3 rings (SSSR count). The molecule has 1 amide bonds. The summed E-state index contributed by atoms with van der Waals surface area (Å²) in [5.74, 6) is 1.58. The number of hydrogen-bond acceptors (Lipinski definition) is 5. The Morgan fingerprint density at radius 3 is 2.43 bits per heavy atom. The minimum absolute atomic E-state index is 0.117. The Kier molecular flexibility index (Phi) is 6.46. The molecule has 0 spiro atoms. The topological polar surface area (TPSA) is 72.5 Å². The van der Waals surface area contributed by atoms with Crippen LogP contribution in [0.1, 0.15) is 11.1 Å². The normalized spacial score (nSPS) is 10.2. The molecule has 0 saturated carbocycles. The van der Waals surface area contributed by atoms with E-state index in [1.54, 1.807) is 31.5 Å². The van der Waals surface area contributed by atoms with Crippen LogP contribution in [0.15, 0.2) is 66.9 Å². The van der Waals surface area contributed by atoms with Gasteiger partial charge in [-0.1, -0.05) is 42.0 Å². The number of carbonyl (C=O) groups is 1. The number of ether oxygens (including phenoxy) is 2. The van der Waals surface area contributed by atoms with E-state index in [9.17, 15) is 4.79 Å². The van der Waals surface area contributed by atoms with Gasteiger partial charge in [0.05, 0.1) is 19.0 Å². The van der Waals surface area contributed by atoms with Crippen molar-refractivity contribution in [2.45, 2.75) is 13.5 Å². The van der Waals surface area contributed by atoms with Crippen molar-refractivity contribution < 1.29 is 14.3 Å². The van der Waals surface area contributed by atoms with Crippen LogP contribution in [0.5, 0.6) is 11.5 Å². The number of methoxy groups -OCH3 is 1. The smallest absolute Gasteiger partial charge is 0.262 e. The molecule has 0 aliphatic heterocycles. The van der Waals surface area contributed by atoms with E-state index in [4.69, 9.17) is 9.47 Å². The third-order valence-electron chi connectivity index (χ3n) is 4.07. The van der Waals surface area contributed by atoms with E-state index in [-0.39, 0.29) is 12.5 Å². The number of nitrogens with zero attached hydrogens (tertiary/aromatic N) is 1. The van der Waals surface area contributed by atoms with Crippen molar-refractivity contribution in [3.8, 4) is 11.5 Å². The van der Waals surface area contributed by atoms with E-state index in [2.05, 4.69) is 46.8 Å². The first-order chi connectivity index (χ1) is 13.6. The molecular formula is C22H23N3O3.